The van der Waals surface area contributed by atoms with Crippen molar-refractivity contribution in [3.05, 3.63) is 10.0 Å². The van der Waals surface area contributed by atoms with Crippen LogP contribution in [0.4, 0.5) is 0 Å². The molecule has 1 aromatic heterocycles. The van der Waals surface area contributed by atoms with Crippen LogP contribution in [-0.2, 0) is 11.2 Å². The number of halogens is 1. The van der Waals surface area contributed by atoms with E-state index in [1.165, 1.54) is 0 Å². The summed E-state index contributed by atoms with van der Waals surface area (Å²) in [5.74, 6) is 0. The van der Waals surface area contributed by atoms with Gasteiger partial charge in [0.15, 0.2) is 0 Å². The molecule has 0 radical (unpaired) electrons. The van der Waals surface area contributed by atoms with Crippen molar-refractivity contribution < 1.29 is 4.74 Å². The first-order valence-electron chi connectivity index (χ1n) is 4.23. The van der Waals surface area contributed by atoms with Crippen LogP contribution in [0.25, 0.3) is 0 Å². The highest BCUT2D eigenvalue weighted by atomic mass is 79.9. The molecule has 1 rings (SSSR count). The van der Waals surface area contributed by atoms with E-state index < -0.39 is 0 Å². The van der Waals surface area contributed by atoms with Crippen molar-refractivity contribution in [2.24, 2.45) is 0 Å². The average molecular weight is 265 g/mol. The second-order valence-corrected chi connectivity index (χ2v) is 4.85. The van der Waals surface area contributed by atoms with E-state index in [4.69, 9.17) is 4.74 Å². The summed E-state index contributed by atoms with van der Waals surface area (Å²) < 4.78 is 4.97. The predicted molar refractivity (Wildman–Crippen MR) is 57.4 cm³/mol. The van der Waals surface area contributed by atoms with Gasteiger partial charge in [-0.25, -0.2) is 0 Å². The summed E-state index contributed by atoms with van der Waals surface area (Å²) in [7, 11) is 1.70. The van der Waals surface area contributed by atoms with Crippen molar-refractivity contribution in [2.75, 3.05) is 13.7 Å². The van der Waals surface area contributed by atoms with Crippen molar-refractivity contribution >= 4 is 27.3 Å². The highest BCUT2D eigenvalue weighted by Crippen LogP contribution is 2.28. The molecule has 0 fully saturated rings. The Hall–Kier alpha value is -0.0000000000000000555. The fourth-order valence-corrected chi connectivity index (χ4v) is 2.11. The van der Waals surface area contributed by atoms with Crippen molar-refractivity contribution in [2.45, 2.75) is 24.6 Å². The van der Waals surface area contributed by atoms with Gasteiger partial charge in [-0.3, -0.25) is 0 Å². The van der Waals surface area contributed by atoms with Gasteiger partial charge in [0.25, 0.3) is 0 Å². The molecule has 74 valence electrons. The molecule has 13 heavy (non-hydrogen) atoms. The molecule has 5 heteroatoms. The molecule has 0 aliphatic heterocycles. The normalized spacial score (nSPS) is 13.2. The SMILES string of the molecule is CCC(Br)c1nnc(CCOC)s1. The van der Waals surface area contributed by atoms with Gasteiger partial charge < -0.3 is 4.74 Å². The monoisotopic (exact) mass is 264 g/mol. The fraction of sp³-hybridized carbons (Fsp3) is 0.750. The number of nitrogens with zero attached hydrogens (tertiary/aromatic N) is 2. The zero-order chi connectivity index (χ0) is 9.68. The Labute approximate surface area is 90.7 Å². The van der Waals surface area contributed by atoms with Gasteiger partial charge in [-0.05, 0) is 6.42 Å². The molecule has 0 amide bonds. The van der Waals surface area contributed by atoms with Gasteiger partial charge in [0.2, 0.25) is 0 Å². The summed E-state index contributed by atoms with van der Waals surface area (Å²) in [5, 5.41) is 10.3. The Morgan fingerprint density at radius 1 is 1.54 bits per heavy atom. The van der Waals surface area contributed by atoms with Crippen molar-refractivity contribution in [3.8, 4) is 0 Å². The highest BCUT2D eigenvalue weighted by molar-refractivity contribution is 9.09. The van der Waals surface area contributed by atoms with Gasteiger partial charge in [-0.1, -0.05) is 22.9 Å². The van der Waals surface area contributed by atoms with E-state index in [0.29, 0.717) is 11.4 Å². The van der Waals surface area contributed by atoms with Crippen molar-refractivity contribution in [1.82, 2.24) is 10.2 Å². The molecule has 0 aliphatic carbocycles. The lowest BCUT2D eigenvalue weighted by Gasteiger charge is -1.97. The van der Waals surface area contributed by atoms with E-state index in [9.17, 15) is 0 Å². The van der Waals surface area contributed by atoms with E-state index in [1.807, 2.05) is 0 Å². The number of hydrogen-bond acceptors (Lipinski definition) is 4. The lowest BCUT2D eigenvalue weighted by atomic mass is 10.4. The summed E-state index contributed by atoms with van der Waals surface area (Å²) in [6.07, 6.45) is 1.90. The zero-order valence-corrected chi connectivity index (χ0v) is 10.2. The Morgan fingerprint density at radius 2 is 2.31 bits per heavy atom. The molecule has 0 saturated carbocycles. The molecule has 1 heterocycles. The summed E-state index contributed by atoms with van der Waals surface area (Å²) >= 11 is 5.20. The van der Waals surface area contributed by atoms with Crippen LogP contribution in [0.1, 0.15) is 28.2 Å². The van der Waals surface area contributed by atoms with Crippen molar-refractivity contribution in [3.63, 3.8) is 0 Å². The molecule has 0 N–H and O–H groups in total. The maximum Gasteiger partial charge on any atom is 0.131 e. The molecule has 0 saturated heterocycles. The molecule has 1 unspecified atom stereocenters. The summed E-state index contributed by atoms with van der Waals surface area (Å²) in [6, 6.07) is 0. The largest absolute Gasteiger partial charge is 0.384 e. The molecule has 1 aromatic rings. The van der Waals surface area contributed by atoms with Crippen LogP contribution in [0.3, 0.4) is 0 Å². The van der Waals surface area contributed by atoms with E-state index in [2.05, 4.69) is 33.1 Å². The maximum atomic E-state index is 4.97. The first-order chi connectivity index (χ1) is 6.27. The number of ether oxygens (including phenoxy) is 1. The quantitative estimate of drug-likeness (QED) is 0.767. The molecule has 3 nitrogen and oxygen atoms in total. The van der Waals surface area contributed by atoms with E-state index in [1.54, 1.807) is 18.4 Å². The third-order valence-electron chi connectivity index (χ3n) is 1.63. The summed E-state index contributed by atoms with van der Waals surface area (Å²) in [6.45, 7) is 2.84. The molecule has 0 aliphatic rings. The van der Waals surface area contributed by atoms with Crippen LogP contribution in [-0.4, -0.2) is 23.9 Å². The Balaban J connectivity index is 2.53. The summed E-state index contributed by atoms with van der Waals surface area (Å²) in [4.78, 5) is 0.348. The highest BCUT2D eigenvalue weighted by Gasteiger charge is 2.10. The molecule has 0 aromatic carbocycles. The second kappa shape index (κ2) is 5.67. The van der Waals surface area contributed by atoms with Crippen LogP contribution in [0, 0.1) is 0 Å². The minimum absolute atomic E-state index is 0.348. The van der Waals surface area contributed by atoms with Crippen LogP contribution in [0.15, 0.2) is 0 Å². The second-order valence-electron chi connectivity index (χ2n) is 2.65. The van der Waals surface area contributed by atoms with Gasteiger partial charge in [-0.15, -0.1) is 21.5 Å². The van der Waals surface area contributed by atoms with Crippen molar-refractivity contribution in [1.29, 1.82) is 0 Å². The smallest absolute Gasteiger partial charge is 0.131 e. The number of rotatable bonds is 5. The average Bonchev–Trinajstić information content (AvgIpc) is 2.62. The van der Waals surface area contributed by atoms with Crippen LogP contribution in [0.5, 0.6) is 0 Å². The predicted octanol–water partition coefficient (Wildman–Crippen LogP) is 2.57. The number of aromatic nitrogens is 2. The van der Waals surface area contributed by atoms with Gasteiger partial charge in [0, 0.05) is 13.5 Å². The van der Waals surface area contributed by atoms with Gasteiger partial charge in [-0.2, -0.15) is 0 Å². The number of hydrogen-bond donors (Lipinski definition) is 0. The standard InChI is InChI=1S/C8H13BrN2OS/c1-3-6(9)8-11-10-7(13-8)4-5-12-2/h6H,3-5H2,1-2H3. The molecule has 0 spiro atoms. The van der Waals surface area contributed by atoms with Gasteiger partial charge >= 0.3 is 0 Å². The van der Waals surface area contributed by atoms with Crippen LogP contribution in [0.2, 0.25) is 0 Å². The Morgan fingerprint density at radius 3 is 2.92 bits per heavy atom. The summed E-state index contributed by atoms with van der Waals surface area (Å²) in [5.41, 5.74) is 0. The third-order valence-corrected chi connectivity index (χ3v) is 4.11. The zero-order valence-electron chi connectivity index (χ0n) is 7.79. The van der Waals surface area contributed by atoms with E-state index in [0.717, 1.165) is 22.9 Å². The minimum atomic E-state index is 0.348. The number of methoxy groups -OCH3 is 1. The topological polar surface area (TPSA) is 35.0 Å². The lowest BCUT2D eigenvalue weighted by Crippen LogP contribution is -1.92. The van der Waals surface area contributed by atoms with Crippen LogP contribution < -0.4 is 0 Å². The van der Waals surface area contributed by atoms with Gasteiger partial charge in [0.1, 0.15) is 10.0 Å². The minimum Gasteiger partial charge on any atom is -0.384 e. The molecule has 0 bridgehead atoms. The van der Waals surface area contributed by atoms with E-state index >= 15 is 0 Å². The molecular weight excluding hydrogens is 252 g/mol. The maximum absolute atomic E-state index is 4.97. The fourth-order valence-electron chi connectivity index (χ4n) is 0.858. The first-order valence-corrected chi connectivity index (χ1v) is 5.96. The van der Waals surface area contributed by atoms with E-state index in [-0.39, 0.29) is 0 Å². The van der Waals surface area contributed by atoms with Gasteiger partial charge in [0.05, 0.1) is 11.4 Å². The van der Waals surface area contributed by atoms with Crippen LogP contribution >= 0.6 is 27.3 Å². The third kappa shape index (κ3) is 3.32. The Bertz CT molecular complexity index is 254. The number of alkyl halides is 1. The first kappa shape index (κ1) is 11.1. The lowest BCUT2D eigenvalue weighted by molar-refractivity contribution is 0.202. The molecule has 1 atom stereocenters. The Kier molecular flexibility index (Phi) is 4.83. The molecular formula is C8H13BrN2OS.